The number of hydrogen-bond donors (Lipinski definition) is 3. The lowest BCUT2D eigenvalue weighted by molar-refractivity contribution is 0.867. The summed E-state index contributed by atoms with van der Waals surface area (Å²) in [6.07, 6.45) is 0. The Morgan fingerprint density at radius 1 is 0.958 bits per heavy atom. The molecule has 0 fully saturated rings. The Bertz CT molecular complexity index is 819. The highest BCUT2D eigenvalue weighted by molar-refractivity contribution is 7.08. The normalized spacial score (nSPS) is 11.0. The van der Waals surface area contributed by atoms with Gasteiger partial charge >= 0.3 is 0 Å². The van der Waals surface area contributed by atoms with E-state index in [-0.39, 0.29) is 0 Å². The van der Waals surface area contributed by atoms with Crippen molar-refractivity contribution in [2.75, 3.05) is 16.8 Å². The van der Waals surface area contributed by atoms with Gasteiger partial charge in [0.15, 0.2) is 0 Å². The predicted molar refractivity (Wildman–Crippen MR) is 106 cm³/mol. The molecule has 1 aromatic heterocycles. The van der Waals surface area contributed by atoms with E-state index < -0.39 is 0 Å². The van der Waals surface area contributed by atoms with Crippen LogP contribution < -0.4 is 16.8 Å². The van der Waals surface area contributed by atoms with E-state index in [1.807, 2.05) is 18.2 Å². The average Bonchev–Trinajstić information content (AvgIpc) is 3.04. The van der Waals surface area contributed by atoms with Crippen molar-refractivity contribution < 1.29 is 0 Å². The quantitative estimate of drug-likeness (QED) is 0.552. The van der Waals surface area contributed by atoms with Crippen molar-refractivity contribution in [2.24, 2.45) is 0 Å². The molecule has 0 aliphatic heterocycles. The second-order valence-electron chi connectivity index (χ2n) is 6.29. The molecule has 0 saturated heterocycles. The minimum absolute atomic E-state index is 0.550. The molecule has 0 spiro atoms. The van der Waals surface area contributed by atoms with Gasteiger partial charge in [-0.3, -0.25) is 0 Å². The molecular weight excluding hydrogens is 314 g/mol. The Kier molecular flexibility index (Phi) is 4.76. The van der Waals surface area contributed by atoms with Gasteiger partial charge in [0, 0.05) is 29.2 Å². The van der Waals surface area contributed by atoms with Crippen LogP contribution in [-0.2, 0) is 6.54 Å². The summed E-state index contributed by atoms with van der Waals surface area (Å²) in [7, 11) is 0. The molecule has 0 atom stereocenters. The van der Waals surface area contributed by atoms with Gasteiger partial charge in [0.25, 0.3) is 0 Å². The monoisotopic (exact) mass is 337 g/mol. The Hall–Kier alpha value is -2.46. The summed E-state index contributed by atoms with van der Waals surface area (Å²) in [4.78, 5) is 0. The van der Waals surface area contributed by atoms with Crippen LogP contribution in [0, 0.1) is 0 Å². The van der Waals surface area contributed by atoms with Crippen molar-refractivity contribution in [2.45, 2.75) is 26.3 Å². The number of hydrogen-bond acceptors (Lipinski definition) is 4. The molecule has 0 unspecified atom stereocenters. The minimum atomic E-state index is 0.550. The summed E-state index contributed by atoms with van der Waals surface area (Å²) in [5, 5.41) is 7.78. The minimum Gasteiger partial charge on any atom is -0.399 e. The largest absolute Gasteiger partial charge is 0.399 e. The lowest BCUT2D eigenvalue weighted by atomic mass is 10.0. The number of rotatable bonds is 5. The van der Waals surface area contributed by atoms with Gasteiger partial charge in [0.2, 0.25) is 0 Å². The summed E-state index contributed by atoms with van der Waals surface area (Å²) < 4.78 is 0. The highest BCUT2D eigenvalue weighted by Crippen LogP contribution is 2.33. The molecule has 3 nitrogen and oxygen atoms in total. The number of benzene rings is 2. The fraction of sp³-hybridized carbons (Fsp3) is 0.200. The van der Waals surface area contributed by atoms with Crippen LogP contribution in [0.5, 0.6) is 0 Å². The zero-order valence-corrected chi connectivity index (χ0v) is 14.9. The van der Waals surface area contributed by atoms with E-state index in [1.54, 1.807) is 11.3 Å². The molecule has 5 N–H and O–H groups in total. The first-order valence-corrected chi connectivity index (χ1v) is 9.03. The molecule has 1 heterocycles. The van der Waals surface area contributed by atoms with Gasteiger partial charge in [-0.25, -0.2) is 0 Å². The van der Waals surface area contributed by atoms with Crippen LogP contribution in [0.15, 0.2) is 53.2 Å². The summed E-state index contributed by atoms with van der Waals surface area (Å²) >= 11 is 1.68. The number of nitrogens with two attached hydrogens (primary N) is 2. The molecule has 0 radical (unpaired) electrons. The maximum Gasteiger partial charge on any atom is 0.0415 e. The van der Waals surface area contributed by atoms with Crippen LogP contribution >= 0.6 is 11.3 Å². The molecule has 0 bridgehead atoms. The third-order valence-corrected chi connectivity index (χ3v) is 4.96. The number of nitrogen functional groups attached to an aromatic ring is 2. The molecule has 3 aromatic rings. The molecule has 4 heteroatoms. The summed E-state index contributed by atoms with van der Waals surface area (Å²) in [5.41, 5.74) is 19.4. The van der Waals surface area contributed by atoms with E-state index in [9.17, 15) is 0 Å². The van der Waals surface area contributed by atoms with Crippen LogP contribution in [0.25, 0.3) is 11.1 Å². The maximum atomic E-state index is 6.13. The van der Waals surface area contributed by atoms with E-state index in [0.717, 1.165) is 34.7 Å². The van der Waals surface area contributed by atoms with Crippen molar-refractivity contribution in [1.29, 1.82) is 0 Å². The van der Waals surface area contributed by atoms with E-state index in [4.69, 9.17) is 11.5 Å². The third kappa shape index (κ3) is 3.54. The molecule has 0 saturated carbocycles. The van der Waals surface area contributed by atoms with Gasteiger partial charge in [-0.2, -0.15) is 11.3 Å². The number of thiophene rings is 1. The van der Waals surface area contributed by atoms with Gasteiger partial charge in [0.05, 0.1) is 0 Å². The van der Waals surface area contributed by atoms with Crippen molar-refractivity contribution >= 4 is 28.4 Å². The summed E-state index contributed by atoms with van der Waals surface area (Å²) in [6, 6.07) is 14.3. The first kappa shape index (κ1) is 16.4. The molecule has 0 aliphatic rings. The van der Waals surface area contributed by atoms with E-state index in [2.05, 4.69) is 54.2 Å². The Labute approximate surface area is 147 Å². The van der Waals surface area contributed by atoms with E-state index in [1.165, 1.54) is 11.1 Å². The van der Waals surface area contributed by atoms with Crippen molar-refractivity contribution in [3.8, 4) is 11.1 Å². The van der Waals surface area contributed by atoms with E-state index >= 15 is 0 Å². The Balaban J connectivity index is 1.77. The molecule has 0 aliphatic carbocycles. The molecule has 3 rings (SSSR count). The smallest absolute Gasteiger partial charge is 0.0415 e. The highest BCUT2D eigenvalue weighted by Gasteiger charge is 2.10. The lowest BCUT2D eigenvalue weighted by Gasteiger charge is -2.11. The van der Waals surface area contributed by atoms with Gasteiger partial charge in [-0.05, 0) is 63.7 Å². The molecule has 124 valence electrons. The van der Waals surface area contributed by atoms with E-state index in [0.29, 0.717) is 5.92 Å². The van der Waals surface area contributed by atoms with Crippen LogP contribution in [0.4, 0.5) is 17.1 Å². The maximum absolute atomic E-state index is 6.13. The molecule has 0 amide bonds. The third-order valence-electron chi connectivity index (χ3n) is 4.17. The van der Waals surface area contributed by atoms with Gasteiger partial charge < -0.3 is 16.8 Å². The van der Waals surface area contributed by atoms with Crippen LogP contribution in [0.2, 0.25) is 0 Å². The SMILES string of the molecule is CC(C)c1ccc(NCc2cscc2-c2cc(N)ccc2N)cc1. The topological polar surface area (TPSA) is 64.1 Å². The second kappa shape index (κ2) is 6.97. The zero-order valence-electron chi connectivity index (χ0n) is 14.0. The van der Waals surface area contributed by atoms with Crippen LogP contribution in [0.3, 0.4) is 0 Å². The number of nitrogens with one attached hydrogen (secondary N) is 1. The Morgan fingerprint density at radius 3 is 2.42 bits per heavy atom. The van der Waals surface area contributed by atoms with Crippen molar-refractivity contribution in [3.63, 3.8) is 0 Å². The van der Waals surface area contributed by atoms with Crippen molar-refractivity contribution in [1.82, 2.24) is 0 Å². The molecule has 2 aromatic carbocycles. The fourth-order valence-corrected chi connectivity index (χ4v) is 3.54. The van der Waals surface area contributed by atoms with Gasteiger partial charge in [-0.15, -0.1) is 0 Å². The zero-order chi connectivity index (χ0) is 17.1. The first-order valence-electron chi connectivity index (χ1n) is 8.09. The summed E-state index contributed by atoms with van der Waals surface area (Å²) in [6.45, 7) is 5.17. The van der Waals surface area contributed by atoms with Gasteiger partial charge in [0.1, 0.15) is 0 Å². The lowest BCUT2D eigenvalue weighted by Crippen LogP contribution is -2.01. The number of anilines is 3. The second-order valence-corrected chi connectivity index (χ2v) is 7.03. The van der Waals surface area contributed by atoms with Crippen LogP contribution in [0.1, 0.15) is 30.9 Å². The van der Waals surface area contributed by atoms with Gasteiger partial charge in [-0.1, -0.05) is 26.0 Å². The van der Waals surface area contributed by atoms with Crippen molar-refractivity contribution in [3.05, 3.63) is 64.4 Å². The van der Waals surface area contributed by atoms with Crippen LogP contribution in [-0.4, -0.2) is 0 Å². The average molecular weight is 337 g/mol. The summed E-state index contributed by atoms with van der Waals surface area (Å²) in [5.74, 6) is 0.550. The molecular formula is C20H23N3S. The molecule has 24 heavy (non-hydrogen) atoms. The first-order chi connectivity index (χ1) is 11.5. The standard InChI is InChI=1S/C20H23N3S/c1-13(2)14-3-6-17(7-4-14)23-10-15-11-24-12-19(15)18-9-16(21)5-8-20(18)22/h3-9,11-13,23H,10,21-22H2,1-2H3. The Morgan fingerprint density at radius 2 is 1.71 bits per heavy atom. The fourth-order valence-electron chi connectivity index (χ4n) is 2.69. The highest BCUT2D eigenvalue weighted by atomic mass is 32.1. The predicted octanol–water partition coefficient (Wildman–Crippen LogP) is 5.32.